The first-order valence-corrected chi connectivity index (χ1v) is 8.12. The number of hydrogen-bond donors (Lipinski definition) is 2. The zero-order valence-corrected chi connectivity index (χ0v) is 11.9. The fourth-order valence-corrected chi connectivity index (χ4v) is 3.54. The van der Waals surface area contributed by atoms with Gasteiger partial charge in [0.25, 0.3) is 0 Å². The Labute approximate surface area is 121 Å². The number of hydrogen-bond acceptors (Lipinski definition) is 3. The van der Waals surface area contributed by atoms with Crippen LogP contribution in [0.2, 0.25) is 0 Å². The summed E-state index contributed by atoms with van der Waals surface area (Å²) >= 11 is 0. The van der Waals surface area contributed by atoms with E-state index in [1.165, 1.54) is 0 Å². The largest absolute Gasteiger partial charge is 0.478 e. The molecule has 0 atom stereocenters. The Morgan fingerprint density at radius 1 is 1.29 bits per heavy atom. The van der Waals surface area contributed by atoms with Crippen LogP contribution in [0.15, 0.2) is 12.1 Å². The third kappa shape index (κ3) is 3.98. The molecule has 0 radical (unpaired) electrons. The Morgan fingerprint density at radius 2 is 1.86 bits per heavy atom. The van der Waals surface area contributed by atoms with Crippen molar-refractivity contribution in [2.24, 2.45) is 5.92 Å². The maximum absolute atomic E-state index is 13.6. The van der Waals surface area contributed by atoms with Gasteiger partial charge in [-0.05, 0) is 30.9 Å². The van der Waals surface area contributed by atoms with Crippen molar-refractivity contribution in [1.82, 2.24) is 4.72 Å². The van der Waals surface area contributed by atoms with Crippen LogP contribution < -0.4 is 4.72 Å². The molecule has 8 heteroatoms. The minimum absolute atomic E-state index is 0.0521. The number of carbonyl (C=O) groups is 1. The third-order valence-electron chi connectivity index (χ3n) is 3.54. The Hall–Kier alpha value is -1.54. The van der Waals surface area contributed by atoms with Gasteiger partial charge in [0, 0.05) is 12.1 Å². The lowest BCUT2D eigenvalue weighted by Gasteiger charge is -2.24. The predicted octanol–water partition coefficient (Wildman–Crippen LogP) is 1.88. The molecule has 0 aliphatic heterocycles. The first kappa shape index (κ1) is 15.8. The topological polar surface area (TPSA) is 83.5 Å². The normalized spacial score (nSPS) is 15.7. The van der Waals surface area contributed by atoms with Gasteiger partial charge in [0.15, 0.2) is 0 Å². The standard InChI is InChI=1S/C13H15F2NO4S/c14-11-4-9(13(17)18)5-12(15)10(11)6-16-21(19,20)7-8-2-1-3-8/h4-5,8,16H,1-3,6-7H2,(H,17,18). The quantitative estimate of drug-likeness (QED) is 0.838. The summed E-state index contributed by atoms with van der Waals surface area (Å²) in [6, 6.07) is 1.34. The van der Waals surface area contributed by atoms with Crippen LogP contribution in [0.4, 0.5) is 8.78 Å². The molecule has 116 valence electrons. The second-order valence-electron chi connectivity index (χ2n) is 5.12. The number of carboxylic acids is 1. The van der Waals surface area contributed by atoms with E-state index in [0.717, 1.165) is 19.3 Å². The second-order valence-corrected chi connectivity index (χ2v) is 6.97. The molecule has 21 heavy (non-hydrogen) atoms. The maximum Gasteiger partial charge on any atom is 0.335 e. The lowest BCUT2D eigenvalue weighted by Crippen LogP contribution is -2.32. The molecule has 0 unspecified atom stereocenters. The van der Waals surface area contributed by atoms with Crippen molar-refractivity contribution in [3.05, 3.63) is 34.9 Å². The Morgan fingerprint density at radius 3 is 2.29 bits per heavy atom. The van der Waals surface area contributed by atoms with Crippen LogP contribution in [0.3, 0.4) is 0 Å². The number of nitrogens with one attached hydrogen (secondary N) is 1. The van der Waals surface area contributed by atoms with Gasteiger partial charge in [0.1, 0.15) is 11.6 Å². The summed E-state index contributed by atoms with van der Waals surface area (Å²) in [5.41, 5.74) is -1.01. The molecule has 0 aromatic heterocycles. The van der Waals surface area contributed by atoms with Gasteiger partial charge in [-0.1, -0.05) is 6.42 Å². The van der Waals surface area contributed by atoms with Crippen molar-refractivity contribution >= 4 is 16.0 Å². The van der Waals surface area contributed by atoms with Gasteiger partial charge in [0.05, 0.1) is 11.3 Å². The smallest absolute Gasteiger partial charge is 0.335 e. The molecule has 1 aliphatic rings. The van der Waals surface area contributed by atoms with Gasteiger partial charge in [0.2, 0.25) is 10.0 Å². The van der Waals surface area contributed by atoms with Crippen molar-refractivity contribution in [3.8, 4) is 0 Å². The number of carboxylic acid groups (broad SMARTS) is 1. The molecule has 1 saturated carbocycles. The van der Waals surface area contributed by atoms with Gasteiger partial charge in [-0.2, -0.15) is 0 Å². The van der Waals surface area contributed by atoms with E-state index in [1.54, 1.807) is 0 Å². The van der Waals surface area contributed by atoms with Crippen molar-refractivity contribution in [2.45, 2.75) is 25.8 Å². The van der Waals surface area contributed by atoms with Crippen molar-refractivity contribution < 1.29 is 27.1 Å². The molecule has 2 N–H and O–H groups in total. The molecule has 0 saturated heterocycles. The summed E-state index contributed by atoms with van der Waals surface area (Å²) in [6.07, 6.45) is 2.69. The van der Waals surface area contributed by atoms with E-state index in [4.69, 9.17) is 5.11 Å². The van der Waals surface area contributed by atoms with Gasteiger partial charge < -0.3 is 5.11 Å². The highest BCUT2D eigenvalue weighted by Gasteiger charge is 2.25. The lowest BCUT2D eigenvalue weighted by atomic mass is 9.87. The van der Waals surface area contributed by atoms with Crippen molar-refractivity contribution in [3.63, 3.8) is 0 Å². The SMILES string of the molecule is O=C(O)c1cc(F)c(CNS(=O)(=O)CC2CCC2)c(F)c1. The highest BCUT2D eigenvalue weighted by molar-refractivity contribution is 7.89. The molecule has 0 bridgehead atoms. The molecule has 1 aromatic carbocycles. The summed E-state index contributed by atoms with van der Waals surface area (Å²) in [5.74, 6) is -3.57. The molecule has 1 fully saturated rings. The van der Waals surface area contributed by atoms with E-state index >= 15 is 0 Å². The zero-order chi connectivity index (χ0) is 15.6. The summed E-state index contributed by atoms with van der Waals surface area (Å²) in [5, 5.41) is 8.67. The first-order valence-electron chi connectivity index (χ1n) is 6.47. The van der Waals surface area contributed by atoms with Crippen LogP contribution in [0.5, 0.6) is 0 Å². The Bertz CT molecular complexity index is 633. The molecule has 2 rings (SSSR count). The number of halogens is 2. The van der Waals surface area contributed by atoms with Crippen molar-refractivity contribution in [1.29, 1.82) is 0 Å². The van der Waals surface area contributed by atoms with Gasteiger partial charge in [-0.15, -0.1) is 0 Å². The Kier molecular flexibility index (Phi) is 4.58. The predicted molar refractivity (Wildman–Crippen MR) is 71.3 cm³/mol. The van der Waals surface area contributed by atoms with Gasteiger partial charge >= 0.3 is 5.97 Å². The van der Waals surface area contributed by atoms with Crippen LogP contribution in [-0.2, 0) is 16.6 Å². The molecular weight excluding hydrogens is 304 g/mol. The molecular formula is C13H15F2NO4S. The van der Waals surface area contributed by atoms with Crippen LogP contribution in [0.25, 0.3) is 0 Å². The summed E-state index contributed by atoms with van der Waals surface area (Å²) in [7, 11) is -3.60. The van der Waals surface area contributed by atoms with E-state index in [1.807, 2.05) is 0 Å². The van der Waals surface area contributed by atoms with E-state index in [9.17, 15) is 22.0 Å². The van der Waals surface area contributed by atoms with Gasteiger partial charge in [-0.25, -0.2) is 26.7 Å². The van der Waals surface area contributed by atoms with Crippen LogP contribution in [0.1, 0.15) is 35.2 Å². The molecule has 5 nitrogen and oxygen atoms in total. The highest BCUT2D eigenvalue weighted by Crippen LogP contribution is 2.27. The average molecular weight is 319 g/mol. The number of benzene rings is 1. The van der Waals surface area contributed by atoms with E-state index in [-0.39, 0.29) is 11.7 Å². The summed E-state index contributed by atoms with van der Waals surface area (Å²) in [4.78, 5) is 10.6. The second kappa shape index (κ2) is 6.07. The molecule has 0 heterocycles. The van der Waals surface area contributed by atoms with Crippen LogP contribution >= 0.6 is 0 Å². The third-order valence-corrected chi connectivity index (χ3v) is 5.03. The summed E-state index contributed by atoms with van der Waals surface area (Å²) in [6.45, 7) is -0.535. The molecule has 0 amide bonds. The molecule has 0 spiro atoms. The minimum atomic E-state index is -3.60. The van der Waals surface area contributed by atoms with Gasteiger partial charge in [-0.3, -0.25) is 0 Å². The first-order chi connectivity index (χ1) is 9.78. The summed E-state index contributed by atoms with van der Waals surface area (Å²) < 4.78 is 53.0. The fourth-order valence-electron chi connectivity index (χ4n) is 2.11. The van der Waals surface area contributed by atoms with E-state index < -0.39 is 45.3 Å². The van der Waals surface area contributed by atoms with Crippen LogP contribution in [-0.4, -0.2) is 25.2 Å². The lowest BCUT2D eigenvalue weighted by molar-refractivity contribution is 0.0695. The monoisotopic (exact) mass is 319 g/mol. The molecule has 1 aliphatic carbocycles. The number of rotatable bonds is 6. The van der Waals surface area contributed by atoms with Crippen molar-refractivity contribution in [2.75, 3.05) is 5.75 Å². The minimum Gasteiger partial charge on any atom is -0.478 e. The van der Waals surface area contributed by atoms with E-state index in [0.29, 0.717) is 12.1 Å². The Balaban J connectivity index is 2.07. The highest BCUT2D eigenvalue weighted by atomic mass is 32.2. The zero-order valence-electron chi connectivity index (χ0n) is 11.1. The average Bonchev–Trinajstić information content (AvgIpc) is 2.32. The van der Waals surface area contributed by atoms with Crippen LogP contribution in [0, 0.1) is 17.6 Å². The number of aromatic carboxylic acids is 1. The maximum atomic E-state index is 13.6. The molecule has 1 aromatic rings. The number of sulfonamides is 1. The fraction of sp³-hybridized carbons (Fsp3) is 0.462. The van der Waals surface area contributed by atoms with E-state index in [2.05, 4.69) is 4.72 Å².